The maximum Gasteiger partial charge on any atom is 0.257 e. The maximum absolute atomic E-state index is 12.7. The van der Waals surface area contributed by atoms with Gasteiger partial charge in [-0.2, -0.15) is 0 Å². The van der Waals surface area contributed by atoms with Gasteiger partial charge in [0.15, 0.2) is 5.50 Å². The molecule has 0 bridgehead atoms. The molecule has 6 nitrogen and oxygen atoms in total. The van der Waals surface area contributed by atoms with Crippen molar-refractivity contribution >= 4 is 40.9 Å². The van der Waals surface area contributed by atoms with E-state index in [-0.39, 0.29) is 11.8 Å². The van der Waals surface area contributed by atoms with Gasteiger partial charge in [0.1, 0.15) is 0 Å². The van der Waals surface area contributed by atoms with Gasteiger partial charge in [0.25, 0.3) is 5.91 Å². The summed E-state index contributed by atoms with van der Waals surface area (Å²) in [5.41, 5.74) is 13.2. The number of primary amides is 1. The molecule has 1 aliphatic carbocycles. The summed E-state index contributed by atoms with van der Waals surface area (Å²) < 4.78 is 0. The second kappa shape index (κ2) is 7.90. The molecule has 8 heteroatoms. The predicted molar refractivity (Wildman–Crippen MR) is 105 cm³/mol. The fourth-order valence-corrected chi connectivity index (χ4v) is 5.01. The molecule has 1 aromatic rings. The standard InChI is InChI=1S/C18H23ClN4O2S/c1-10-15(16(21)24)26-18(22-17(25)11-5-2-3-6-11)23(10)14-12(9-20)7-4-8-13(14)19/h4,7-8,11,18H,2-3,5-6,9,20H2,1H3,(H2,21,24)(H,22,25). The number of anilines is 1. The third kappa shape index (κ3) is 3.56. The predicted octanol–water partition coefficient (Wildman–Crippen LogP) is 2.66. The van der Waals surface area contributed by atoms with Crippen LogP contribution in [0.25, 0.3) is 0 Å². The van der Waals surface area contributed by atoms with Crippen molar-refractivity contribution in [3.05, 3.63) is 39.4 Å². The molecule has 0 aromatic heterocycles. The number of nitrogens with two attached hydrogens (primary N) is 2. The summed E-state index contributed by atoms with van der Waals surface area (Å²) in [6, 6.07) is 5.49. The van der Waals surface area contributed by atoms with Gasteiger partial charge in [-0.1, -0.05) is 48.3 Å². The number of nitrogens with zero attached hydrogens (tertiary/aromatic N) is 1. The largest absolute Gasteiger partial charge is 0.365 e. The molecule has 140 valence electrons. The van der Waals surface area contributed by atoms with Crippen molar-refractivity contribution in [1.29, 1.82) is 0 Å². The summed E-state index contributed by atoms with van der Waals surface area (Å²) >= 11 is 7.70. The molecule has 3 rings (SSSR count). The van der Waals surface area contributed by atoms with Crippen LogP contribution in [0.15, 0.2) is 28.8 Å². The number of nitrogens with one attached hydrogen (secondary N) is 1. The minimum Gasteiger partial charge on any atom is -0.365 e. The van der Waals surface area contributed by atoms with Crippen LogP contribution in [0.3, 0.4) is 0 Å². The fourth-order valence-electron chi connectivity index (χ4n) is 3.57. The van der Waals surface area contributed by atoms with Crippen molar-refractivity contribution in [1.82, 2.24) is 5.32 Å². The Hall–Kier alpha value is -1.70. The Morgan fingerprint density at radius 3 is 2.65 bits per heavy atom. The van der Waals surface area contributed by atoms with E-state index < -0.39 is 11.4 Å². The lowest BCUT2D eigenvalue weighted by atomic mass is 10.1. The highest BCUT2D eigenvalue weighted by atomic mass is 35.5. The highest BCUT2D eigenvalue weighted by Gasteiger charge is 2.38. The van der Waals surface area contributed by atoms with Crippen molar-refractivity contribution in [2.75, 3.05) is 4.90 Å². The number of hydrogen-bond acceptors (Lipinski definition) is 5. The number of benzene rings is 1. The molecule has 26 heavy (non-hydrogen) atoms. The first-order chi connectivity index (χ1) is 12.4. The molecule has 2 aliphatic rings. The SMILES string of the molecule is CC1=C(C(N)=O)SC(NC(=O)C2CCCC2)N1c1c(Cl)cccc1CN. The van der Waals surface area contributed by atoms with Crippen LogP contribution in [0.4, 0.5) is 5.69 Å². The Balaban J connectivity index is 1.97. The van der Waals surface area contributed by atoms with Crippen LogP contribution in [0.2, 0.25) is 5.02 Å². The van der Waals surface area contributed by atoms with E-state index in [1.54, 1.807) is 13.0 Å². The number of allylic oxidation sites excluding steroid dienone is 1. The van der Waals surface area contributed by atoms with E-state index >= 15 is 0 Å². The van der Waals surface area contributed by atoms with Gasteiger partial charge in [-0.25, -0.2) is 0 Å². The van der Waals surface area contributed by atoms with E-state index in [2.05, 4.69) is 5.32 Å². The van der Waals surface area contributed by atoms with Gasteiger partial charge in [0, 0.05) is 18.2 Å². The highest BCUT2D eigenvalue weighted by Crippen LogP contribution is 2.44. The molecular weight excluding hydrogens is 372 g/mol. The molecule has 1 unspecified atom stereocenters. The zero-order valence-corrected chi connectivity index (χ0v) is 16.2. The molecule has 1 heterocycles. The molecule has 1 atom stereocenters. The first kappa shape index (κ1) is 19.1. The van der Waals surface area contributed by atoms with E-state index in [1.807, 2.05) is 17.0 Å². The van der Waals surface area contributed by atoms with E-state index in [0.717, 1.165) is 31.2 Å². The lowest BCUT2D eigenvalue weighted by Gasteiger charge is -2.31. The van der Waals surface area contributed by atoms with Crippen molar-refractivity contribution in [2.24, 2.45) is 17.4 Å². The topological polar surface area (TPSA) is 101 Å². The van der Waals surface area contributed by atoms with Gasteiger partial charge in [-0.15, -0.1) is 0 Å². The molecule has 0 radical (unpaired) electrons. The monoisotopic (exact) mass is 394 g/mol. The normalized spacial score (nSPS) is 20.7. The summed E-state index contributed by atoms with van der Waals surface area (Å²) in [5, 5.41) is 3.58. The van der Waals surface area contributed by atoms with Gasteiger partial charge in [-0.3, -0.25) is 9.59 Å². The molecule has 0 spiro atoms. The summed E-state index contributed by atoms with van der Waals surface area (Å²) in [6.07, 6.45) is 3.95. The van der Waals surface area contributed by atoms with Crippen LogP contribution in [0.1, 0.15) is 38.2 Å². The number of para-hydroxylation sites is 1. The first-order valence-electron chi connectivity index (χ1n) is 8.68. The summed E-state index contributed by atoms with van der Waals surface area (Å²) in [4.78, 5) is 26.8. The number of hydrogen-bond donors (Lipinski definition) is 3. The van der Waals surface area contributed by atoms with E-state index in [0.29, 0.717) is 27.9 Å². The Kier molecular flexibility index (Phi) is 5.79. The average molecular weight is 395 g/mol. The minimum atomic E-state index is -0.517. The number of amides is 2. The Morgan fingerprint density at radius 1 is 1.35 bits per heavy atom. The van der Waals surface area contributed by atoms with Crippen molar-refractivity contribution in [2.45, 2.75) is 44.6 Å². The van der Waals surface area contributed by atoms with Crippen LogP contribution in [0.5, 0.6) is 0 Å². The quantitative estimate of drug-likeness (QED) is 0.712. The fraction of sp³-hybridized carbons (Fsp3) is 0.444. The Bertz CT molecular complexity index is 762. The number of carbonyl (C=O) groups is 2. The third-order valence-corrected chi connectivity index (χ3v) is 6.49. The maximum atomic E-state index is 12.7. The van der Waals surface area contributed by atoms with E-state index in [1.165, 1.54) is 11.8 Å². The Labute approximate surface area is 162 Å². The van der Waals surface area contributed by atoms with Crippen molar-refractivity contribution in [3.8, 4) is 0 Å². The van der Waals surface area contributed by atoms with Gasteiger partial charge in [-0.05, 0) is 31.4 Å². The molecule has 0 saturated heterocycles. The van der Waals surface area contributed by atoms with Crippen molar-refractivity contribution in [3.63, 3.8) is 0 Å². The second-order valence-corrected chi connectivity index (χ2v) is 8.06. The van der Waals surface area contributed by atoms with Crippen LogP contribution in [0, 0.1) is 5.92 Å². The summed E-state index contributed by atoms with van der Waals surface area (Å²) in [7, 11) is 0. The molecule has 1 fully saturated rings. The number of carbonyl (C=O) groups excluding carboxylic acids is 2. The first-order valence-corrected chi connectivity index (χ1v) is 9.94. The van der Waals surface area contributed by atoms with Crippen molar-refractivity contribution < 1.29 is 9.59 Å². The van der Waals surface area contributed by atoms with Crippen LogP contribution in [-0.4, -0.2) is 17.3 Å². The summed E-state index contributed by atoms with van der Waals surface area (Å²) in [6.45, 7) is 2.10. The zero-order valence-electron chi connectivity index (χ0n) is 14.6. The Morgan fingerprint density at radius 2 is 2.04 bits per heavy atom. The van der Waals surface area contributed by atoms with Gasteiger partial charge < -0.3 is 21.7 Å². The smallest absolute Gasteiger partial charge is 0.257 e. The molecule has 2 amide bonds. The molecule has 1 saturated carbocycles. The van der Waals surface area contributed by atoms with E-state index in [4.69, 9.17) is 23.1 Å². The second-order valence-electron chi connectivity index (χ2n) is 6.56. The number of rotatable bonds is 5. The number of halogens is 1. The molecule has 5 N–H and O–H groups in total. The van der Waals surface area contributed by atoms with Gasteiger partial charge >= 0.3 is 0 Å². The molecular formula is C18H23ClN4O2S. The lowest BCUT2D eigenvalue weighted by molar-refractivity contribution is -0.125. The van der Waals surface area contributed by atoms with Gasteiger partial charge in [0.2, 0.25) is 5.91 Å². The zero-order chi connectivity index (χ0) is 18.8. The minimum absolute atomic E-state index is 0.00451. The molecule has 1 aliphatic heterocycles. The van der Waals surface area contributed by atoms with E-state index in [9.17, 15) is 9.59 Å². The average Bonchev–Trinajstić information content (AvgIpc) is 3.24. The highest BCUT2D eigenvalue weighted by molar-refractivity contribution is 8.05. The van der Waals surface area contributed by atoms with Crippen LogP contribution < -0.4 is 21.7 Å². The lowest BCUT2D eigenvalue weighted by Crippen LogP contribution is -2.45. The molecule has 1 aromatic carbocycles. The van der Waals surface area contributed by atoms with Gasteiger partial charge in [0.05, 0.1) is 15.6 Å². The van der Waals surface area contributed by atoms with Crippen LogP contribution >= 0.6 is 23.4 Å². The van der Waals surface area contributed by atoms with Crippen LogP contribution in [-0.2, 0) is 16.1 Å². The number of thioether (sulfide) groups is 1. The third-order valence-electron chi connectivity index (χ3n) is 4.90. The summed E-state index contributed by atoms with van der Waals surface area (Å²) in [5.74, 6) is -0.489.